The van der Waals surface area contributed by atoms with Gasteiger partial charge in [0.1, 0.15) is 6.10 Å². The zero-order valence-corrected chi connectivity index (χ0v) is 14.2. The van der Waals surface area contributed by atoms with E-state index in [0.29, 0.717) is 12.8 Å². The highest BCUT2D eigenvalue weighted by molar-refractivity contribution is 9.09. The van der Waals surface area contributed by atoms with E-state index >= 15 is 0 Å². The third kappa shape index (κ3) is 6.17. The van der Waals surface area contributed by atoms with Gasteiger partial charge in [0.2, 0.25) is 0 Å². The van der Waals surface area contributed by atoms with Crippen LogP contribution < -0.4 is 0 Å². The number of hydrogen-bond acceptors (Lipinski definition) is 4. The summed E-state index contributed by atoms with van der Waals surface area (Å²) in [6.45, 7) is 3.36. The summed E-state index contributed by atoms with van der Waals surface area (Å²) in [7, 11) is 1.73. The molecule has 0 spiro atoms. The van der Waals surface area contributed by atoms with Gasteiger partial charge in [-0.25, -0.2) is 0 Å². The van der Waals surface area contributed by atoms with E-state index in [-0.39, 0.29) is 22.9 Å². The molecule has 1 rings (SSSR count). The first-order valence-corrected chi connectivity index (χ1v) is 7.84. The van der Waals surface area contributed by atoms with Gasteiger partial charge in [-0.1, -0.05) is 46.3 Å². The highest BCUT2D eigenvalue weighted by Crippen LogP contribution is 2.30. The van der Waals surface area contributed by atoms with Gasteiger partial charge >= 0.3 is 5.97 Å². The van der Waals surface area contributed by atoms with Crippen molar-refractivity contribution in [2.45, 2.75) is 43.7 Å². The van der Waals surface area contributed by atoms with Crippen molar-refractivity contribution in [2.24, 2.45) is 0 Å². The van der Waals surface area contributed by atoms with Crippen molar-refractivity contribution in [1.29, 1.82) is 5.26 Å². The van der Waals surface area contributed by atoms with Crippen LogP contribution in [0.3, 0.4) is 0 Å². The number of hydrogen-bond donors (Lipinski definition) is 0. The normalized spacial score (nSPS) is 14.6. The second kappa shape index (κ2) is 8.68. The molecule has 21 heavy (non-hydrogen) atoms. The molecule has 0 aliphatic heterocycles. The van der Waals surface area contributed by atoms with Gasteiger partial charge in [-0.15, -0.1) is 0 Å². The number of alkyl halides is 1. The summed E-state index contributed by atoms with van der Waals surface area (Å²) >= 11 is 3.65. The van der Waals surface area contributed by atoms with Crippen LogP contribution >= 0.6 is 15.9 Å². The monoisotopic (exact) mass is 352 g/mol. The van der Waals surface area contributed by atoms with Crippen LogP contribution in [0.5, 0.6) is 0 Å². The molecule has 3 atom stereocenters. The summed E-state index contributed by atoms with van der Waals surface area (Å²) in [6.07, 6.45) is 3.16. The maximum Gasteiger partial charge on any atom is 0.302 e. The highest BCUT2D eigenvalue weighted by atomic mass is 79.9. The summed E-state index contributed by atoms with van der Waals surface area (Å²) < 4.78 is 5.40. The fourth-order valence-electron chi connectivity index (χ4n) is 2.09. The molecule has 0 saturated carbocycles. The Hall–Kier alpha value is -1.54. The lowest BCUT2D eigenvalue weighted by Crippen LogP contribution is -2.31. The highest BCUT2D eigenvalue weighted by Gasteiger charge is 2.22. The van der Waals surface area contributed by atoms with E-state index in [1.807, 2.05) is 37.3 Å². The molecule has 0 fully saturated rings. The minimum atomic E-state index is -0.292. The summed E-state index contributed by atoms with van der Waals surface area (Å²) in [5.41, 5.74) is 1.15. The second-order valence-corrected chi connectivity index (χ2v) is 6.25. The molecule has 0 amide bonds. The minimum absolute atomic E-state index is 0.0230. The predicted octanol–water partition coefficient (Wildman–Crippen LogP) is 3.64. The van der Waals surface area contributed by atoms with E-state index in [0.717, 1.165) is 5.56 Å². The number of ether oxygens (including phenoxy) is 1. The quantitative estimate of drug-likeness (QED) is 0.325. The van der Waals surface area contributed by atoms with Gasteiger partial charge in [0.15, 0.2) is 6.19 Å². The molecule has 5 heteroatoms. The van der Waals surface area contributed by atoms with Crippen LogP contribution in [0.1, 0.15) is 37.1 Å². The van der Waals surface area contributed by atoms with Crippen LogP contribution in [-0.2, 0) is 9.53 Å². The molecule has 0 unspecified atom stereocenters. The SMILES string of the molecule is CC(=O)O[C@@H](C[C@@H](Br)c1ccccc1)C[C@H](C)N(C)C#N. The number of benzene rings is 1. The first-order valence-electron chi connectivity index (χ1n) is 6.92. The minimum Gasteiger partial charge on any atom is -0.462 e. The standard InChI is InChI=1S/C16H21BrN2O2/c1-12(19(3)11-18)9-15(21-13(2)20)10-16(17)14-7-5-4-6-8-14/h4-8,12,15-16H,9-10H2,1-3H3/t12-,15+,16+/m0/s1. The second-order valence-electron chi connectivity index (χ2n) is 5.14. The van der Waals surface area contributed by atoms with Crippen LogP contribution in [0.2, 0.25) is 0 Å². The molecule has 0 aliphatic rings. The van der Waals surface area contributed by atoms with E-state index in [4.69, 9.17) is 10.00 Å². The first kappa shape index (κ1) is 17.5. The molecule has 0 saturated heterocycles. The average molecular weight is 353 g/mol. The number of rotatable bonds is 7. The van der Waals surface area contributed by atoms with E-state index in [1.54, 1.807) is 11.9 Å². The zero-order valence-electron chi connectivity index (χ0n) is 12.6. The van der Waals surface area contributed by atoms with Gasteiger partial charge in [0, 0.05) is 37.7 Å². The van der Waals surface area contributed by atoms with Gasteiger partial charge in [-0.3, -0.25) is 4.79 Å². The fourth-order valence-corrected chi connectivity index (χ4v) is 2.82. The van der Waals surface area contributed by atoms with Gasteiger partial charge in [-0.2, -0.15) is 5.26 Å². The molecule has 1 aromatic carbocycles. The molecule has 0 N–H and O–H groups in total. The Balaban J connectivity index is 2.70. The van der Waals surface area contributed by atoms with Gasteiger partial charge in [0.25, 0.3) is 0 Å². The largest absolute Gasteiger partial charge is 0.462 e. The number of nitrogens with zero attached hydrogens (tertiary/aromatic N) is 2. The number of esters is 1. The van der Waals surface area contributed by atoms with Crippen molar-refractivity contribution in [3.63, 3.8) is 0 Å². The lowest BCUT2D eigenvalue weighted by molar-refractivity contribution is -0.147. The number of nitriles is 1. The lowest BCUT2D eigenvalue weighted by atomic mass is 10.0. The molecule has 114 valence electrons. The van der Waals surface area contributed by atoms with Crippen LogP contribution in [-0.4, -0.2) is 30.1 Å². The molecular formula is C16H21BrN2O2. The Morgan fingerprint density at radius 3 is 2.52 bits per heavy atom. The van der Waals surface area contributed by atoms with Crippen LogP contribution in [0.4, 0.5) is 0 Å². The molecule has 4 nitrogen and oxygen atoms in total. The van der Waals surface area contributed by atoms with Crippen molar-refractivity contribution in [2.75, 3.05) is 7.05 Å². The van der Waals surface area contributed by atoms with Gasteiger partial charge in [0.05, 0.1) is 0 Å². The predicted molar refractivity (Wildman–Crippen MR) is 85.7 cm³/mol. The lowest BCUT2D eigenvalue weighted by Gasteiger charge is -2.26. The molecule has 0 aromatic heterocycles. The Kier molecular flexibility index (Phi) is 7.24. The molecular weight excluding hydrogens is 332 g/mol. The molecule has 0 bridgehead atoms. The van der Waals surface area contributed by atoms with Crippen LogP contribution in [0.25, 0.3) is 0 Å². The Labute approximate surface area is 134 Å². The van der Waals surface area contributed by atoms with E-state index in [9.17, 15) is 4.79 Å². The summed E-state index contributed by atoms with van der Waals surface area (Å²) in [5, 5.41) is 8.92. The first-order chi connectivity index (χ1) is 9.93. The van der Waals surface area contributed by atoms with E-state index in [2.05, 4.69) is 22.1 Å². The Morgan fingerprint density at radius 1 is 1.38 bits per heavy atom. The number of halogens is 1. The maximum atomic E-state index is 11.3. The van der Waals surface area contributed by atoms with Gasteiger partial charge in [-0.05, 0) is 12.5 Å². The number of carbonyl (C=O) groups is 1. The summed E-state index contributed by atoms with van der Waals surface area (Å²) in [4.78, 5) is 13.0. The van der Waals surface area contributed by atoms with Crippen molar-refractivity contribution in [3.8, 4) is 6.19 Å². The maximum absolute atomic E-state index is 11.3. The third-order valence-corrected chi connectivity index (χ3v) is 4.29. The van der Waals surface area contributed by atoms with E-state index < -0.39 is 0 Å². The van der Waals surface area contributed by atoms with Crippen molar-refractivity contribution < 1.29 is 9.53 Å². The zero-order chi connectivity index (χ0) is 15.8. The van der Waals surface area contributed by atoms with Crippen molar-refractivity contribution in [3.05, 3.63) is 35.9 Å². The smallest absolute Gasteiger partial charge is 0.302 e. The molecule has 1 aromatic rings. The van der Waals surface area contributed by atoms with Gasteiger partial charge < -0.3 is 9.64 Å². The average Bonchev–Trinajstić information content (AvgIpc) is 2.46. The Bertz CT molecular complexity index is 487. The van der Waals surface area contributed by atoms with Crippen LogP contribution in [0, 0.1) is 11.5 Å². The molecule has 0 radical (unpaired) electrons. The molecule has 0 aliphatic carbocycles. The van der Waals surface area contributed by atoms with Crippen molar-refractivity contribution >= 4 is 21.9 Å². The topological polar surface area (TPSA) is 53.3 Å². The number of carbonyl (C=O) groups excluding carboxylic acids is 1. The third-order valence-electron chi connectivity index (χ3n) is 3.39. The van der Waals surface area contributed by atoms with E-state index in [1.165, 1.54) is 6.92 Å². The summed E-state index contributed by atoms with van der Waals surface area (Å²) in [5.74, 6) is -0.292. The molecule has 0 heterocycles. The summed E-state index contributed by atoms with van der Waals surface area (Å²) in [6, 6.07) is 10.0. The van der Waals surface area contributed by atoms with Crippen molar-refractivity contribution in [1.82, 2.24) is 4.90 Å². The Morgan fingerprint density at radius 2 is 2.00 bits per heavy atom. The van der Waals surface area contributed by atoms with Crippen LogP contribution in [0.15, 0.2) is 30.3 Å². The fraction of sp³-hybridized carbons (Fsp3) is 0.500.